The molecule has 116 valence electrons. The van der Waals surface area contributed by atoms with Gasteiger partial charge in [0.05, 0.1) is 26.7 Å². The Hall–Kier alpha value is -2.24. The highest BCUT2D eigenvalue weighted by atomic mass is 16.5. The van der Waals surface area contributed by atoms with E-state index in [1.54, 1.807) is 21.0 Å². The molecule has 6 heteroatoms. The fourth-order valence-electron chi connectivity index (χ4n) is 1.74. The van der Waals surface area contributed by atoms with Crippen molar-refractivity contribution in [1.82, 2.24) is 5.32 Å². The average molecular weight is 294 g/mol. The molecule has 1 atom stereocenters. The highest BCUT2D eigenvalue weighted by Gasteiger charge is 2.12. The molecule has 0 bridgehead atoms. The summed E-state index contributed by atoms with van der Waals surface area (Å²) in [5.74, 6) is 0.268. The Bertz CT molecular complexity index is 459. The minimum absolute atomic E-state index is 0.138. The van der Waals surface area contributed by atoms with Crippen LogP contribution in [0.3, 0.4) is 0 Å². The fourth-order valence-corrected chi connectivity index (χ4v) is 1.74. The van der Waals surface area contributed by atoms with Crippen molar-refractivity contribution in [1.29, 1.82) is 0 Å². The van der Waals surface area contributed by atoms with Crippen LogP contribution in [0, 0.1) is 0 Å². The molecule has 0 aliphatic heterocycles. The van der Waals surface area contributed by atoms with Gasteiger partial charge in [0, 0.05) is 11.7 Å². The molecule has 0 aliphatic rings. The molecule has 1 aromatic rings. The number of carbonyl (C=O) groups excluding carboxylic acids is 2. The summed E-state index contributed by atoms with van der Waals surface area (Å²) < 4.78 is 9.88. The molecule has 1 rings (SSSR count). The van der Waals surface area contributed by atoms with Crippen molar-refractivity contribution in [2.24, 2.45) is 0 Å². The van der Waals surface area contributed by atoms with Gasteiger partial charge in [0.25, 0.3) is 0 Å². The van der Waals surface area contributed by atoms with E-state index in [-0.39, 0.29) is 30.9 Å². The van der Waals surface area contributed by atoms with E-state index in [4.69, 9.17) is 9.47 Å². The molecule has 0 heterocycles. The molecular weight excluding hydrogens is 272 g/mol. The van der Waals surface area contributed by atoms with Crippen LogP contribution < -0.4 is 15.4 Å². The molecule has 1 amide bonds. The summed E-state index contributed by atoms with van der Waals surface area (Å²) in [5, 5.41) is 5.73. The first kappa shape index (κ1) is 16.8. The Morgan fingerprint density at radius 3 is 2.48 bits per heavy atom. The molecule has 0 fully saturated rings. The first-order valence-corrected chi connectivity index (χ1v) is 6.88. The van der Waals surface area contributed by atoms with E-state index < -0.39 is 0 Å². The molecule has 2 N–H and O–H groups in total. The lowest BCUT2D eigenvalue weighted by Gasteiger charge is -2.14. The number of rotatable bonds is 8. The predicted octanol–water partition coefficient (Wildman–Crippen LogP) is 1.56. The van der Waals surface area contributed by atoms with E-state index in [1.165, 1.54) is 0 Å². The summed E-state index contributed by atoms with van der Waals surface area (Å²) in [5.41, 5.74) is 0.823. The van der Waals surface area contributed by atoms with Gasteiger partial charge in [0.15, 0.2) is 0 Å². The first-order chi connectivity index (χ1) is 10.0. The molecule has 0 spiro atoms. The minimum Gasteiger partial charge on any atom is -0.497 e. The third-order valence-corrected chi connectivity index (χ3v) is 2.73. The van der Waals surface area contributed by atoms with Crippen LogP contribution >= 0.6 is 0 Å². The summed E-state index contributed by atoms with van der Waals surface area (Å²) >= 11 is 0. The van der Waals surface area contributed by atoms with Gasteiger partial charge in [0.1, 0.15) is 5.75 Å². The van der Waals surface area contributed by atoms with Crippen LogP contribution in [0.25, 0.3) is 0 Å². The van der Waals surface area contributed by atoms with Crippen LogP contribution in [-0.4, -0.2) is 38.2 Å². The van der Waals surface area contributed by atoms with E-state index in [0.29, 0.717) is 6.61 Å². The zero-order valence-corrected chi connectivity index (χ0v) is 12.6. The number of hydrogen-bond donors (Lipinski definition) is 2. The van der Waals surface area contributed by atoms with Crippen LogP contribution in [0.15, 0.2) is 24.3 Å². The molecule has 1 aromatic carbocycles. The second kappa shape index (κ2) is 8.84. The molecule has 0 aromatic heterocycles. The minimum atomic E-state index is -0.312. The number of ether oxygens (including phenoxy) is 2. The van der Waals surface area contributed by atoms with Gasteiger partial charge >= 0.3 is 5.97 Å². The van der Waals surface area contributed by atoms with Crippen molar-refractivity contribution in [3.8, 4) is 5.75 Å². The van der Waals surface area contributed by atoms with Crippen LogP contribution in [0.1, 0.15) is 20.3 Å². The number of methoxy groups -OCH3 is 1. The lowest BCUT2D eigenvalue weighted by atomic mass is 10.2. The summed E-state index contributed by atoms with van der Waals surface area (Å²) in [6.45, 7) is 4.00. The van der Waals surface area contributed by atoms with Crippen LogP contribution in [0.4, 0.5) is 5.69 Å². The lowest BCUT2D eigenvalue weighted by Crippen LogP contribution is -2.38. The molecule has 1 unspecified atom stereocenters. The van der Waals surface area contributed by atoms with Gasteiger partial charge in [0.2, 0.25) is 5.91 Å². The Morgan fingerprint density at radius 2 is 1.90 bits per heavy atom. The smallest absolute Gasteiger partial charge is 0.307 e. The SMILES string of the molecule is CCOC(=O)CC(C)NC(=O)CNc1ccc(OC)cc1. The standard InChI is InChI=1S/C15H22N2O4/c1-4-21-15(19)9-11(2)17-14(18)10-16-12-5-7-13(20-3)8-6-12/h5-8,11,16H,4,9-10H2,1-3H3,(H,17,18). The summed E-state index contributed by atoms with van der Waals surface area (Å²) in [6, 6.07) is 7.02. The van der Waals surface area contributed by atoms with E-state index in [2.05, 4.69) is 10.6 Å². The molecule has 21 heavy (non-hydrogen) atoms. The molecule has 0 saturated carbocycles. The topological polar surface area (TPSA) is 76.7 Å². The van der Waals surface area contributed by atoms with E-state index in [9.17, 15) is 9.59 Å². The highest BCUT2D eigenvalue weighted by molar-refractivity contribution is 5.81. The van der Waals surface area contributed by atoms with Crippen molar-refractivity contribution < 1.29 is 19.1 Å². The highest BCUT2D eigenvalue weighted by Crippen LogP contribution is 2.14. The van der Waals surface area contributed by atoms with Gasteiger partial charge in [-0.05, 0) is 38.1 Å². The zero-order chi connectivity index (χ0) is 15.7. The number of anilines is 1. The van der Waals surface area contributed by atoms with Gasteiger partial charge in [-0.3, -0.25) is 9.59 Å². The number of hydrogen-bond acceptors (Lipinski definition) is 5. The third-order valence-electron chi connectivity index (χ3n) is 2.73. The predicted molar refractivity (Wildman–Crippen MR) is 80.3 cm³/mol. The summed E-state index contributed by atoms with van der Waals surface area (Å²) in [4.78, 5) is 23.0. The zero-order valence-electron chi connectivity index (χ0n) is 12.6. The van der Waals surface area contributed by atoms with E-state index in [0.717, 1.165) is 11.4 Å². The maximum absolute atomic E-state index is 11.7. The van der Waals surface area contributed by atoms with Gasteiger partial charge in [-0.2, -0.15) is 0 Å². The molecule has 6 nitrogen and oxygen atoms in total. The van der Waals surface area contributed by atoms with Crippen LogP contribution in [0.5, 0.6) is 5.75 Å². The van der Waals surface area contributed by atoms with Crippen molar-refractivity contribution in [3.63, 3.8) is 0 Å². The summed E-state index contributed by atoms with van der Waals surface area (Å²) in [7, 11) is 1.60. The third kappa shape index (κ3) is 6.65. The number of benzene rings is 1. The van der Waals surface area contributed by atoms with E-state index >= 15 is 0 Å². The fraction of sp³-hybridized carbons (Fsp3) is 0.467. The Balaban J connectivity index is 2.31. The van der Waals surface area contributed by atoms with Crippen molar-refractivity contribution >= 4 is 17.6 Å². The maximum Gasteiger partial charge on any atom is 0.307 e. The Morgan fingerprint density at radius 1 is 1.24 bits per heavy atom. The van der Waals surface area contributed by atoms with E-state index in [1.807, 2.05) is 24.3 Å². The van der Waals surface area contributed by atoms with Gasteiger partial charge < -0.3 is 20.1 Å². The van der Waals surface area contributed by atoms with Gasteiger partial charge in [-0.15, -0.1) is 0 Å². The second-order valence-electron chi connectivity index (χ2n) is 4.56. The molecule has 0 saturated heterocycles. The van der Waals surface area contributed by atoms with Gasteiger partial charge in [-0.25, -0.2) is 0 Å². The largest absolute Gasteiger partial charge is 0.497 e. The van der Waals surface area contributed by atoms with Crippen LogP contribution in [-0.2, 0) is 14.3 Å². The Labute approximate surface area is 124 Å². The second-order valence-corrected chi connectivity index (χ2v) is 4.56. The molecule has 0 radical (unpaired) electrons. The van der Waals surface area contributed by atoms with Crippen molar-refractivity contribution in [2.75, 3.05) is 25.6 Å². The maximum atomic E-state index is 11.7. The monoisotopic (exact) mass is 294 g/mol. The first-order valence-electron chi connectivity index (χ1n) is 6.88. The lowest BCUT2D eigenvalue weighted by molar-refractivity contribution is -0.143. The average Bonchev–Trinajstić information content (AvgIpc) is 2.45. The van der Waals surface area contributed by atoms with Crippen molar-refractivity contribution in [2.45, 2.75) is 26.3 Å². The quantitative estimate of drug-likeness (QED) is 0.712. The Kier molecular flexibility index (Phi) is 7.08. The number of amides is 1. The number of carbonyl (C=O) groups is 2. The molecular formula is C15H22N2O4. The van der Waals surface area contributed by atoms with Crippen molar-refractivity contribution in [3.05, 3.63) is 24.3 Å². The van der Waals surface area contributed by atoms with Crippen LogP contribution in [0.2, 0.25) is 0 Å². The number of nitrogens with one attached hydrogen (secondary N) is 2. The molecule has 0 aliphatic carbocycles. The normalized spacial score (nSPS) is 11.4. The number of esters is 1. The van der Waals surface area contributed by atoms with Gasteiger partial charge in [-0.1, -0.05) is 0 Å². The summed E-state index contributed by atoms with van der Waals surface area (Å²) in [6.07, 6.45) is 0.169.